The van der Waals surface area contributed by atoms with Crippen LogP contribution in [-0.4, -0.2) is 84.5 Å². The molecule has 0 unspecified atom stereocenters. The first-order valence-corrected chi connectivity index (χ1v) is 11.1. The Kier molecular flexibility index (Phi) is 6.33. The Hall–Kier alpha value is -2.79. The van der Waals surface area contributed by atoms with Gasteiger partial charge >= 0.3 is 0 Å². The molecule has 0 spiro atoms. The number of benzene rings is 1. The quantitative estimate of drug-likeness (QED) is 0.728. The second-order valence-corrected chi connectivity index (χ2v) is 8.62. The average Bonchev–Trinajstić information content (AvgIpc) is 2.83. The number of carbonyl (C=O) groups excluding carboxylic acids is 2. The molecule has 166 valence electrons. The third kappa shape index (κ3) is 4.47. The second-order valence-electron chi connectivity index (χ2n) is 8.62. The maximum absolute atomic E-state index is 12.9. The van der Waals surface area contributed by atoms with Crippen molar-refractivity contribution >= 4 is 11.8 Å². The molecule has 1 aromatic rings. The minimum Gasteiger partial charge on any atom is -0.485 e. The van der Waals surface area contributed by atoms with Gasteiger partial charge in [-0.2, -0.15) is 5.26 Å². The van der Waals surface area contributed by atoms with Crippen molar-refractivity contribution in [3.8, 4) is 17.6 Å². The van der Waals surface area contributed by atoms with Gasteiger partial charge in [-0.05, 0) is 25.0 Å². The van der Waals surface area contributed by atoms with Crippen LogP contribution >= 0.6 is 0 Å². The molecular formula is C23H30N4O4. The Balaban J connectivity index is 1.27. The Morgan fingerprint density at radius 3 is 2.48 bits per heavy atom. The third-order valence-electron chi connectivity index (χ3n) is 6.73. The highest BCUT2D eigenvalue weighted by Crippen LogP contribution is 2.33. The number of nitriles is 1. The van der Waals surface area contributed by atoms with Crippen LogP contribution in [0.25, 0.3) is 0 Å². The van der Waals surface area contributed by atoms with Crippen molar-refractivity contribution in [2.24, 2.45) is 0 Å². The van der Waals surface area contributed by atoms with E-state index in [0.29, 0.717) is 37.7 Å². The molecule has 1 aliphatic carbocycles. The van der Waals surface area contributed by atoms with Gasteiger partial charge in [0.1, 0.15) is 12.1 Å². The van der Waals surface area contributed by atoms with Gasteiger partial charge in [0, 0.05) is 33.2 Å². The number of hydrogen-bond donors (Lipinski definition) is 0. The van der Waals surface area contributed by atoms with E-state index in [9.17, 15) is 14.9 Å². The number of rotatable bonds is 4. The van der Waals surface area contributed by atoms with E-state index in [1.165, 1.54) is 0 Å². The lowest BCUT2D eigenvalue weighted by molar-refractivity contribution is -0.143. The molecule has 1 saturated carbocycles. The number of ether oxygens (including phenoxy) is 2. The largest absolute Gasteiger partial charge is 0.485 e. The van der Waals surface area contributed by atoms with Crippen LogP contribution in [0.1, 0.15) is 32.1 Å². The van der Waals surface area contributed by atoms with Gasteiger partial charge in [-0.15, -0.1) is 0 Å². The molecule has 31 heavy (non-hydrogen) atoms. The molecule has 2 heterocycles. The molecule has 2 aliphatic heterocycles. The molecule has 8 nitrogen and oxygen atoms in total. The Morgan fingerprint density at radius 2 is 1.81 bits per heavy atom. The molecule has 0 radical (unpaired) electrons. The summed E-state index contributed by atoms with van der Waals surface area (Å²) in [5.74, 6) is 1.15. The van der Waals surface area contributed by atoms with Crippen molar-refractivity contribution in [3.63, 3.8) is 0 Å². The number of piperazine rings is 1. The number of para-hydroxylation sites is 2. The van der Waals surface area contributed by atoms with Crippen LogP contribution in [0.3, 0.4) is 0 Å². The molecule has 2 amide bonds. The van der Waals surface area contributed by atoms with Crippen molar-refractivity contribution in [1.29, 1.82) is 5.26 Å². The fourth-order valence-electron chi connectivity index (χ4n) is 4.67. The highest BCUT2D eigenvalue weighted by atomic mass is 16.6. The van der Waals surface area contributed by atoms with Crippen molar-refractivity contribution in [2.75, 3.05) is 46.4 Å². The summed E-state index contributed by atoms with van der Waals surface area (Å²) in [6.45, 7) is 2.81. The summed E-state index contributed by atoms with van der Waals surface area (Å²) in [7, 11) is 1.76. The Morgan fingerprint density at radius 1 is 1.13 bits per heavy atom. The van der Waals surface area contributed by atoms with Crippen LogP contribution in [0.15, 0.2) is 24.3 Å². The number of likely N-dealkylation sites (N-methyl/N-ethyl adjacent to an activating group) is 1. The molecule has 8 heteroatoms. The summed E-state index contributed by atoms with van der Waals surface area (Å²) >= 11 is 0. The first-order chi connectivity index (χ1) is 15.0. The predicted molar refractivity (Wildman–Crippen MR) is 114 cm³/mol. The topological polar surface area (TPSA) is 86.1 Å². The SMILES string of the molecule is CN(C(=O)CN1CCN(C(=O)[C@@H]2COc3ccccc3O2)CC1)C1(C#N)CCCCC1. The number of hydrogen-bond acceptors (Lipinski definition) is 6. The van der Waals surface area contributed by atoms with Crippen LogP contribution in [0, 0.1) is 11.3 Å². The van der Waals surface area contributed by atoms with Crippen LogP contribution in [0.4, 0.5) is 0 Å². The van der Waals surface area contributed by atoms with Gasteiger partial charge in [-0.1, -0.05) is 31.4 Å². The molecule has 0 bridgehead atoms. The zero-order chi connectivity index (χ0) is 21.8. The summed E-state index contributed by atoms with van der Waals surface area (Å²) in [6, 6.07) is 9.76. The molecule has 1 atom stereocenters. The van der Waals surface area contributed by atoms with E-state index in [0.717, 1.165) is 32.1 Å². The average molecular weight is 427 g/mol. The monoisotopic (exact) mass is 426 g/mol. The first kappa shape index (κ1) is 21.4. The highest BCUT2D eigenvalue weighted by Gasteiger charge is 2.39. The number of carbonyl (C=O) groups is 2. The summed E-state index contributed by atoms with van der Waals surface area (Å²) in [5, 5.41) is 9.72. The van der Waals surface area contributed by atoms with Gasteiger partial charge in [0.15, 0.2) is 11.5 Å². The smallest absolute Gasteiger partial charge is 0.267 e. The van der Waals surface area contributed by atoms with Gasteiger partial charge in [-0.3, -0.25) is 14.5 Å². The minimum atomic E-state index is -0.665. The van der Waals surface area contributed by atoms with Crippen molar-refractivity contribution in [1.82, 2.24) is 14.7 Å². The lowest BCUT2D eigenvalue weighted by atomic mass is 9.81. The molecule has 3 aliphatic rings. The first-order valence-electron chi connectivity index (χ1n) is 11.1. The Bertz CT molecular complexity index is 853. The zero-order valence-electron chi connectivity index (χ0n) is 18.1. The maximum Gasteiger partial charge on any atom is 0.267 e. The lowest BCUT2D eigenvalue weighted by Crippen LogP contribution is -2.57. The van der Waals surface area contributed by atoms with Gasteiger partial charge in [0.2, 0.25) is 12.0 Å². The van der Waals surface area contributed by atoms with Crippen molar-refractivity contribution in [2.45, 2.75) is 43.7 Å². The highest BCUT2D eigenvalue weighted by molar-refractivity contribution is 5.82. The van der Waals surface area contributed by atoms with Crippen LogP contribution in [0.5, 0.6) is 11.5 Å². The van der Waals surface area contributed by atoms with E-state index < -0.39 is 11.6 Å². The molecule has 0 N–H and O–H groups in total. The predicted octanol–water partition coefficient (Wildman–Crippen LogP) is 1.66. The Labute approximate surface area is 183 Å². The lowest BCUT2D eigenvalue weighted by Gasteiger charge is -2.41. The van der Waals surface area contributed by atoms with E-state index in [4.69, 9.17) is 9.47 Å². The van der Waals surface area contributed by atoms with Crippen molar-refractivity contribution in [3.05, 3.63) is 24.3 Å². The fraction of sp³-hybridized carbons (Fsp3) is 0.609. The summed E-state index contributed by atoms with van der Waals surface area (Å²) < 4.78 is 11.5. The van der Waals surface area contributed by atoms with E-state index in [1.54, 1.807) is 22.9 Å². The van der Waals surface area contributed by atoms with E-state index in [-0.39, 0.29) is 25.0 Å². The molecular weight excluding hydrogens is 396 g/mol. The van der Waals surface area contributed by atoms with Gasteiger partial charge in [0.05, 0.1) is 12.6 Å². The number of nitrogens with zero attached hydrogens (tertiary/aromatic N) is 4. The number of amides is 2. The number of fused-ring (bicyclic) bond motifs is 1. The molecule has 1 aromatic carbocycles. The van der Waals surface area contributed by atoms with Gasteiger partial charge in [-0.25, -0.2) is 0 Å². The normalized spacial score (nSPS) is 23.0. The van der Waals surface area contributed by atoms with Crippen LogP contribution in [-0.2, 0) is 9.59 Å². The van der Waals surface area contributed by atoms with Crippen LogP contribution < -0.4 is 9.47 Å². The van der Waals surface area contributed by atoms with Gasteiger partial charge in [0.25, 0.3) is 5.91 Å². The summed E-state index contributed by atoms with van der Waals surface area (Å²) in [6.07, 6.45) is 3.97. The van der Waals surface area contributed by atoms with Crippen molar-refractivity contribution < 1.29 is 19.1 Å². The van der Waals surface area contributed by atoms with E-state index in [2.05, 4.69) is 11.0 Å². The molecule has 4 rings (SSSR count). The standard InChI is InChI=1S/C23H30N4O4/c1-25(23(17-24)9-5-2-6-10-23)21(28)15-26-11-13-27(14-12-26)22(29)20-16-30-18-7-3-4-8-19(18)31-20/h3-4,7-8,20H,2,5-6,9-16H2,1H3/t20-/m0/s1. The second kappa shape index (κ2) is 9.15. The van der Waals surface area contributed by atoms with E-state index in [1.807, 2.05) is 18.2 Å². The summed E-state index contributed by atoms with van der Waals surface area (Å²) in [4.78, 5) is 31.3. The van der Waals surface area contributed by atoms with Gasteiger partial charge < -0.3 is 19.3 Å². The molecule has 2 fully saturated rings. The molecule has 1 saturated heterocycles. The third-order valence-corrected chi connectivity index (χ3v) is 6.73. The fourth-order valence-corrected chi connectivity index (χ4v) is 4.67. The summed E-state index contributed by atoms with van der Waals surface area (Å²) in [5.41, 5.74) is -0.665. The zero-order valence-corrected chi connectivity index (χ0v) is 18.1. The minimum absolute atomic E-state index is 0.0242. The molecule has 0 aromatic heterocycles. The van der Waals surface area contributed by atoms with E-state index >= 15 is 0 Å². The van der Waals surface area contributed by atoms with Crippen LogP contribution in [0.2, 0.25) is 0 Å². The maximum atomic E-state index is 12.9.